The van der Waals surface area contributed by atoms with Crippen LogP contribution in [0.5, 0.6) is 0 Å². The fraction of sp³-hybridized carbons (Fsp3) is 0.500. The molecule has 0 amide bonds. The van der Waals surface area contributed by atoms with Crippen molar-refractivity contribution < 1.29 is 32.8 Å². The van der Waals surface area contributed by atoms with Crippen LogP contribution in [-0.4, -0.2) is 64.4 Å². The van der Waals surface area contributed by atoms with Crippen LogP contribution in [0.2, 0.25) is 0 Å². The van der Waals surface area contributed by atoms with E-state index >= 15 is 0 Å². The maximum absolute atomic E-state index is 14.7. The van der Waals surface area contributed by atoms with Crippen LogP contribution in [0.25, 0.3) is 0 Å². The summed E-state index contributed by atoms with van der Waals surface area (Å²) in [6, 6.07) is 0. The second kappa shape index (κ2) is 7.75. The summed E-state index contributed by atoms with van der Waals surface area (Å²) in [7, 11) is -3.26. The molecule has 0 radical (unpaired) electrons. The van der Waals surface area contributed by atoms with E-state index < -0.39 is 49.3 Å². The molecule has 2 heterocycles. The van der Waals surface area contributed by atoms with Crippen LogP contribution < -0.4 is 5.73 Å². The number of hydrogen-bond donors (Lipinski definition) is 3. The number of amidine groups is 1. The van der Waals surface area contributed by atoms with E-state index in [4.69, 9.17) is 27.2 Å². The number of alkyl halides is 2. The van der Waals surface area contributed by atoms with Crippen molar-refractivity contribution in [3.05, 3.63) is 36.3 Å². The second-order valence-corrected chi connectivity index (χ2v) is 8.32. The molecule has 0 spiro atoms. The molecule has 0 aromatic rings. The Kier molecular flexibility index (Phi) is 6.27. The lowest BCUT2D eigenvalue weighted by molar-refractivity contribution is -0.0732. The third-order valence-corrected chi connectivity index (χ3v) is 6.19. The van der Waals surface area contributed by atoms with Crippen LogP contribution in [0, 0.1) is 0 Å². The highest BCUT2D eigenvalue weighted by Crippen LogP contribution is 2.55. The number of rotatable bonds is 6. The molecule has 2 aliphatic heterocycles. The van der Waals surface area contributed by atoms with Crippen molar-refractivity contribution in [3.63, 3.8) is 0 Å². The smallest absolute Gasteiger partial charge is 0.283 e. The number of nitrogens with two attached hydrogens (primary N) is 1. The van der Waals surface area contributed by atoms with Gasteiger partial charge in [-0.1, -0.05) is 6.58 Å². The average Bonchev–Trinajstić information content (AvgIpc) is 2.86. The van der Waals surface area contributed by atoms with Crippen LogP contribution in [-0.2, 0) is 13.8 Å². The van der Waals surface area contributed by atoms with Gasteiger partial charge in [-0.3, -0.25) is 4.57 Å². The molecule has 0 aliphatic carbocycles. The zero-order valence-corrected chi connectivity index (χ0v) is 15.4. The van der Waals surface area contributed by atoms with Gasteiger partial charge in [0.25, 0.3) is 7.37 Å². The van der Waals surface area contributed by atoms with Crippen LogP contribution in [0.3, 0.4) is 0 Å². The SMILES string of the molecule is C=C1N=C(N)C=CN1[C@@H]1O[C@@](/C=C(/F)P(=O)(CO)OC)(CCl)[C@@H](O)[C@H]1F. The Bertz CT molecular complexity index is 711. The molecule has 5 atom stereocenters. The highest BCUT2D eigenvalue weighted by atomic mass is 35.5. The first-order valence-electron chi connectivity index (χ1n) is 7.34. The molecule has 1 unspecified atom stereocenters. The Morgan fingerprint density at radius 2 is 2.38 bits per heavy atom. The van der Waals surface area contributed by atoms with Crippen molar-refractivity contribution in [1.29, 1.82) is 0 Å². The van der Waals surface area contributed by atoms with E-state index in [-0.39, 0.29) is 11.7 Å². The third kappa shape index (κ3) is 3.58. The highest BCUT2D eigenvalue weighted by Gasteiger charge is 2.56. The Morgan fingerprint density at radius 1 is 1.73 bits per heavy atom. The van der Waals surface area contributed by atoms with Crippen LogP contribution >= 0.6 is 19.0 Å². The highest BCUT2D eigenvalue weighted by molar-refractivity contribution is 7.62. The topological polar surface area (TPSA) is 118 Å². The zero-order chi connectivity index (χ0) is 19.7. The lowest BCUT2D eigenvalue weighted by atomic mass is 9.98. The number of halogens is 3. The first kappa shape index (κ1) is 21.0. The lowest BCUT2D eigenvalue weighted by Gasteiger charge is -2.31. The Morgan fingerprint density at radius 3 is 2.88 bits per heavy atom. The summed E-state index contributed by atoms with van der Waals surface area (Å²) in [6.07, 6.45) is -3.22. The monoisotopic (exact) mass is 413 g/mol. The molecule has 4 N–H and O–H groups in total. The Hall–Kier alpha value is -1.29. The molecular weight excluding hydrogens is 395 g/mol. The van der Waals surface area contributed by atoms with Gasteiger partial charge in [0.2, 0.25) is 0 Å². The van der Waals surface area contributed by atoms with Gasteiger partial charge in [0.1, 0.15) is 29.7 Å². The van der Waals surface area contributed by atoms with Crippen LogP contribution in [0.15, 0.2) is 41.3 Å². The first-order chi connectivity index (χ1) is 12.1. The van der Waals surface area contributed by atoms with Gasteiger partial charge >= 0.3 is 0 Å². The van der Waals surface area contributed by atoms with Crippen molar-refractivity contribution >= 4 is 24.8 Å². The van der Waals surface area contributed by atoms with Gasteiger partial charge in [0.15, 0.2) is 18.0 Å². The third-order valence-electron chi connectivity index (χ3n) is 4.03. The molecule has 146 valence electrons. The minimum Gasteiger partial charge on any atom is -0.386 e. The van der Waals surface area contributed by atoms with Crippen molar-refractivity contribution in [2.45, 2.75) is 24.1 Å². The lowest BCUT2D eigenvalue weighted by Crippen LogP contribution is -2.42. The molecule has 8 nitrogen and oxygen atoms in total. The number of ether oxygens (including phenoxy) is 1. The molecule has 12 heteroatoms. The molecule has 0 saturated carbocycles. The zero-order valence-electron chi connectivity index (χ0n) is 13.8. The first-order valence-corrected chi connectivity index (χ1v) is 9.68. The summed E-state index contributed by atoms with van der Waals surface area (Å²) in [6.45, 7) is 3.61. The minimum atomic E-state index is -4.20. The van der Waals surface area contributed by atoms with Gasteiger partial charge < -0.3 is 30.1 Å². The maximum atomic E-state index is 14.7. The van der Waals surface area contributed by atoms with Gasteiger partial charge in [-0.2, -0.15) is 0 Å². The minimum absolute atomic E-state index is 0.0394. The maximum Gasteiger partial charge on any atom is 0.283 e. The van der Waals surface area contributed by atoms with Gasteiger partial charge in [-0.05, 0) is 12.2 Å². The molecular formula is C14H19ClF2N3O5P. The van der Waals surface area contributed by atoms with Gasteiger partial charge in [-0.25, -0.2) is 13.8 Å². The fourth-order valence-electron chi connectivity index (χ4n) is 2.49. The summed E-state index contributed by atoms with van der Waals surface area (Å²) in [4.78, 5) is 5.02. The molecule has 1 saturated heterocycles. The largest absolute Gasteiger partial charge is 0.386 e. The summed E-state index contributed by atoms with van der Waals surface area (Å²) in [5, 5.41) is 19.4. The van der Waals surface area contributed by atoms with Crippen molar-refractivity contribution in [2.24, 2.45) is 10.7 Å². The molecule has 1 fully saturated rings. The normalized spacial score (nSPS) is 34.8. The summed E-state index contributed by atoms with van der Waals surface area (Å²) >= 11 is 5.81. The molecule has 2 rings (SSSR count). The quantitative estimate of drug-likeness (QED) is 0.444. The van der Waals surface area contributed by atoms with Crippen LogP contribution in [0.1, 0.15) is 0 Å². The number of nitrogens with zero attached hydrogens (tertiary/aromatic N) is 2. The van der Waals surface area contributed by atoms with Gasteiger partial charge in [0.05, 0.1) is 5.88 Å². The standard InChI is InChI=1S/C14H19ClF2N3O5P/c1-8-19-10(18)3-4-20(8)13-11(17)12(22)14(6-15,25-13)5-9(16)26(23,7-21)24-2/h3-5,11-13,21-22H,1,6-7H2,2H3,(H2,18,19)/b9-5-/t11-,12+,13-,14+,26?/m1/s1. The van der Waals surface area contributed by atoms with Crippen molar-refractivity contribution in [3.8, 4) is 0 Å². The Balaban J connectivity index is 2.38. The van der Waals surface area contributed by atoms with E-state index in [0.717, 1.165) is 12.0 Å². The molecule has 0 aromatic heterocycles. The second-order valence-electron chi connectivity index (χ2n) is 5.63. The summed E-state index contributed by atoms with van der Waals surface area (Å²) < 4.78 is 51.2. The van der Waals surface area contributed by atoms with E-state index in [2.05, 4.69) is 16.1 Å². The van der Waals surface area contributed by atoms with Gasteiger partial charge in [0, 0.05) is 13.3 Å². The summed E-state index contributed by atoms with van der Waals surface area (Å²) in [5.41, 5.74) is 2.06. The number of aliphatic hydroxyl groups is 2. The Labute approximate surface area is 153 Å². The molecule has 26 heavy (non-hydrogen) atoms. The van der Waals surface area contributed by atoms with E-state index in [1.807, 2.05) is 0 Å². The number of aliphatic hydroxyl groups excluding tert-OH is 2. The van der Waals surface area contributed by atoms with Crippen molar-refractivity contribution in [2.75, 3.05) is 19.3 Å². The summed E-state index contributed by atoms with van der Waals surface area (Å²) in [5.74, 6) is -0.389. The molecule has 2 aliphatic rings. The van der Waals surface area contributed by atoms with E-state index in [1.165, 1.54) is 12.3 Å². The number of hydrogen-bond acceptors (Lipinski definition) is 8. The van der Waals surface area contributed by atoms with E-state index in [0.29, 0.717) is 6.08 Å². The van der Waals surface area contributed by atoms with Crippen LogP contribution in [0.4, 0.5) is 8.78 Å². The molecule has 0 aromatic carbocycles. The molecule has 0 bridgehead atoms. The predicted molar refractivity (Wildman–Crippen MR) is 91.9 cm³/mol. The van der Waals surface area contributed by atoms with Crippen molar-refractivity contribution in [1.82, 2.24) is 4.90 Å². The van der Waals surface area contributed by atoms with Gasteiger partial charge in [-0.15, -0.1) is 11.6 Å². The predicted octanol–water partition coefficient (Wildman–Crippen LogP) is 1.36. The van der Waals surface area contributed by atoms with E-state index in [1.54, 1.807) is 0 Å². The number of aliphatic imine (C=N–C) groups is 1. The van der Waals surface area contributed by atoms with E-state index in [9.17, 15) is 18.5 Å². The fourth-order valence-corrected chi connectivity index (χ4v) is 3.63. The average molecular weight is 414 g/mol.